The second-order valence-electron chi connectivity index (χ2n) is 3.50. The number of carbonyl (C=O) groups is 1. The number of halogens is 1. The molecule has 7 heteroatoms. The van der Waals surface area contributed by atoms with E-state index in [9.17, 15) is 4.79 Å². The number of aromatic nitrogens is 1. The van der Waals surface area contributed by atoms with Crippen LogP contribution >= 0.6 is 11.6 Å². The van der Waals surface area contributed by atoms with Crippen molar-refractivity contribution in [1.82, 2.24) is 4.98 Å². The van der Waals surface area contributed by atoms with Gasteiger partial charge in [0.1, 0.15) is 6.26 Å². The lowest BCUT2D eigenvalue weighted by molar-refractivity contribution is 0.0519. The van der Waals surface area contributed by atoms with E-state index in [4.69, 9.17) is 31.2 Å². The zero-order chi connectivity index (χ0) is 13.8. The molecule has 2 rings (SSSR count). The first-order valence-electron chi connectivity index (χ1n) is 5.45. The molecule has 2 aromatic rings. The van der Waals surface area contributed by atoms with Crippen LogP contribution in [-0.4, -0.2) is 17.6 Å². The third-order valence-electron chi connectivity index (χ3n) is 2.14. The number of rotatable bonds is 4. The van der Waals surface area contributed by atoms with E-state index in [2.05, 4.69) is 4.98 Å². The highest BCUT2D eigenvalue weighted by Gasteiger charge is 2.15. The second kappa shape index (κ2) is 5.62. The van der Waals surface area contributed by atoms with Crippen LogP contribution < -0.4 is 10.5 Å². The van der Waals surface area contributed by atoms with Crippen LogP contribution in [0.25, 0.3) is 0 Å². The van der Waals surface area contributed by atoms with Crippen molar-refractivity contribution >= 4 is 23.3 Å². The summed E-state index contributed by atoms with van der Waals surface area (Å²) in [4.78, 5) is 15.2. The largest absolute Gasteiger partial charge is 0.461 e. The van der Waals surface area contributed by atoms with Crippen LogP contribution in [0.1, 0.15) is 17.4 Å². The molecule has 0 aliphatic heterocycles. The van der Waals surface area contributed by atoms with Gasteiger partial charge in [0.25, 0.3) is 0 Å². The Morgan fingerprint density at radius 2 is 2.32 bits per heavy atom. The van der Waals surface area contributed by atoms with Gasteiger partial charge in [0.15, 0.2) is 11.4 Å². The summed E-state index contributed by atoms with van der Waals surface area (Å²) in [6, 6.07) is 4.72. The molecule has 0 spiro atoms. The standard InChI is InChI=1S/C12H11ClN2O4/c1-2-17-11(16)9-6-18-12(15-9)19-10-4-3-7(13)5-8(10)14/h3-6H,2,14H2,1H3. The Labute approximate surface area is 114 Å². The number of nitrogens with two attached hydrogens (primary N) is 1. The van der Waals surface area contributed by atoms with Gasteiger partial charge in [-0.15, -0.1) is 0 Å². The zero-order valence-electron chi connectivity index (χ0n) is 10.1. The van der Waals surface area contributed by atoms with Crippen molar-refractivity contribution in [3.05, 3.63) is 35.2 Å². The van der Waals surface area contributed by atoms with Gasteiger partial charge in [0, 0.05) is 5.02 Å². The molecular weight excluding hydrogens is 272 g/mol. The Hall–Kier alpha value is -2.21. The van der Waals surface area contributed by atoms with Crippen LogP contribution in [0.3, 0.4) is 0 Å². The molecule has 100 valence electrons. The minimum Gasteiger partial charge on any atom is -0.461 e. The van der Waals surface area contributed by atoms with Gasteiger partial charge >= 0.3 is 12.0 Å². The van der Waals surface area contributed by atoms with Gasteiger partial charge in [0.2, 0.25) is 0 Å². The number of hydrogen-bond donors (Lipinski definition) is 1. The number of anilines is 1. The third kappa shape index (κ3) is 3.17. The van der Waals surface area contributed by atoms with Gasteiger partial charge < -0.3 is 19.6 Å². The Morgan fingerprint density at radius 3 is 3.00 bits per heavy atom. The fourth-order valence-electron chi connectivity index (χ4n) is 1.31. The minimum atomic E-state index is -0.579. The molecule has 0 amide bonds. The number of nitrogens with zero attached hydrogens (tertiary/aromatic N) is 1. The number of oxazole rings is 1. The fourth-order valence-corrected chi connectivity index (χ4v) is 1.49. The van der Waals surface area contributed by atoms with Gasteiger partial charge in [-0.05, 0) is 25.1 Å². The van der Waals surface area contributed by atoms with E-state index in [0.717, 1.165) is 6.26 Å². The molecule has 0 saturated heterocycles. The van der Waals surface area contributed by atoms with Gasteiger partial charge in [-0.2, -0.15) is 4.98 Å². The van der Waals surface area contributed by atoms with Crippen molar-refractivity contribution in [2.45, 2.75) is 6.92 Å². The van der Waals surface area contributed by atoms with Gasteiger partial charge in [-0.1, -0.05) is 11.6 Å². The molecule has 0 saturated carbocycles. The first-order valence-corrected chi connectivity index (χ1v) is 5.83. The summed E-state index contributed by atoms with van der Waals surface area (Å²) in [6.45, 7) is 1.95. The maximum atomic E-state index is 11.4. The van der Waals surface area contributed by atoms with Gasteiger partial charge in [-0.25, -0.2) is 4.79 Å². The first-order chi connectivity index (χ1) is 9.10. The lowest BCUT2D eigenvalue weighted by Crippen LogP contribution is -2.04. The second-order valence-corrected chi connectivity index (χ2v) is 3.94. The topological polar surface area (TPSA) is 87.6 Å². The summed E-state index contributed by atoms with van der Waals surface area (Å²) in [5, 5.41) is 0.490. The summed E-state index contributed by atoms with van der Waals surface area (Å²) >= 11 is 5.76. The van der Waals surface area contributed by atoms with E-state index in [1.165, 1.54) is 6.07 Å². The number of benzene rings is 1. The SMILES string of the molecule is CCOC(=O)c1coc(Oc2ccc(Cl)cc2N)n1. The predicted molar refractivity (Wildman–Crippen MR) is 68.4 cm³/mol. The summed E-state index contributed by atoms with van der Waals surface area (Å²) in [6.07, 6.45) is 1.05. The highest BCUT2D eigenvalue weighted by molar-refractivity contribution is 6.30. The van der Waals surface area contributed by atoms with E-state index in [-0.39, 0.29) is 18.4 Å². The minimum absolute atomic E-state index is 0.0318. The Balaban J connectivity index is 2.13. The molecule has 1 heterocycles. The Kier molecular flexibility index (Phi) is 3.91. The lowest BCUT2D eigenvalue weighted by atomic mass is 10.3. The average Bonchev–Trinajstić information content (AvgIpc) is 2.82. The van der Waals surface area contributed by atoms with E-state index in [0.29, 0.717) is 16.5 Å². The number of hydrogen-bond acceptors (Lipinski definition) is 6. The molecule has 0 bridgehead atoms. The lowest BCUT2D eigenvalue weighted by Gasteiger charge is -2.04. The maximum Gasteiger partial charge on any atom is 0.399 e. The highest BCUT2D eigenvalue weighted by Crippen LogP contribution is 2.29. The Morgan fingerprint density at radius 1 is 1.53 bits per heavy atom. The number of nitrogen functional groups attached to an aromatic ring is 1. The van der Waals surface area contributed by atoms with E-state index < -0.39 is 5.97 Å². The molecule has 1 aromatic carbocycles. The molecule has 0 fully saturated rings. The summed E-state index contributed by atoms with van der Waals surface area (Å²) in [7, 11) is 0. The number of ether oxygens (including phenoxy) is 2. The molecular formula is C12H11ClN2O4. The molecule has 6 nitrogen and oxygen atoms in total. The highest BCUT2D eigenvalue weighted by atomic mass is 35.5. The predicted octanol–water partition coefficient (Wildman–Crippen LogP) is 2.88. The molecule has 0 atom stereocenters. The molecule has 0 aliphatic carbocycles. The quantitative estimate of drug-likeness (QED) is 0.685. The van der Waals surface area contributed by atoms with E-state index in [1.54, 1.807) is 19.1 Å². The van der Waals surface area contributed by atoms with Crippen molar-refractivity contribution in [3.63, 3.8) is 0 Å². The van der Waals surface area contributed by atoms with Crippen LogP contribution in [0.15, 0.2) is 28.9 Å². The van der Waals surface area contributed by atoms with Crippen molar-refractivity contribution in [3.8, 4) is 11.8 Å². The smallest absolute Gasteiger partial charge is 0.399 e. The van der Waals surface area contributed by atoms with E-state index >= 15 is 0 Å². The molecule has 2 N–H and O–H groups in total. The van der Waals surface area contributed by atoms with Crippen molar-refractivity contribution in [1.29, 1.82) is 0 Å². The fraction of sp³-hybridized carbons (Fsp3) is 0.167. The van der Waals surface area contributed by atoms with Crippen LogP contribution in [0.4, 0.5) is 5.69 Å². The van der Waals surface area contributed by atoms with Gasteiger partial charge in [0.05, 0.1) is 12.3 Å². The van der Waals surface area contributed by atoms with Crippen LogP contribution in [0.5, 0.6) is 11.8 Å². The number of carbonyl (C=O) groups excluding carboxylic acids is 1. The summed E-state index contributed by atoms with van der Waals surface area (Å²) in [5.41, 5.74) is 6.08. The van der Waals surface area contributed by atoms with Crippen molar-refractivity contribution in [2.24, 2.45) is 0 Å². The normalized spacial score (nSPS) is 10.2. The van der Waals surface area contributed by atoms with Crippen LogP contribution in [-0.2, 0) is 4.74 Å². The summed E-state index contributed by atoms with van der Waals surface area (Å²) in [5.74, 6) is -0.244. The van der Waals surface area contributed by atoms with Crippen molar-refractivity contribution in [2.75, 3.05) is 12.3 Å². The molecule has 0 unspecified atom stereocenters. The van der Waals surface area contributed by atoms with Gasteiger partial charge in [-0.3, -0.25) is 0 Å². The van der Waals surface area contributed by atoms with Crippen LogP contribution in [0, 0.1) is 0 Å². The first kappa shape index (κ1) is 13.2. The average molecular weight is 283 g/mol. The molecule has 0 radical (unpaired) electrons. The molecule has 1 aromatic heterocycles. The maximum absolute atomic E-state index is 11.4. The monoisotopic (exact) mass is 282 g/mol. The molecule has 0 aliphatic rings. The van der Waals surface area contributed by atoms with Crippen LogP contribution in [0.2, 0.25) is 5.02 Å². The van der Waals surface area contributed by atoms with Crippen molar-refractivity contribution < 1.29 is 18.7 Å². The third-order valence-corrected chi connectivity index (χ3v) is 2.37. The number of esters is 1. The molecule has 19 heavy (non-hydrogen) atoms. The zero-order valence-corrected chi connectivity index (χ0v) is 10.8. The Bertz CT molecular complexity index is 597. The summed E-state index contributed by atoms with van der Waals surface area (Å²) < 4.78 is 15.1. The van der Waals surface area contributed by atoms with E-state index in [1.807, 2.05) is 0 Å².